The van der Waals surface area contributed by atoms with Crippen LogP contribution in [0.3, 0.4) is 0 Å². The van der Waals surface area contributed by atoms with Crippen LogP contribution in [0, 0.1) is 29.5 Å². The minimum Gasteiger partial charge on any atom is -0.480 e. The number of hydrogen-bond acceptors (Lipinski definition) is 4. The summed E-state index contributed by atoms with van der Waals surface area (Å²) < 4.78 is 39.4. The number of halogens is 1. The number of carbonyl (C=O) groups is 1. The van der Waals surface area contributed by atoms with E-state index in [0.29, 0.717) is 0 Å². The number of hydrogen-bond donors (Lipinski definition) is 1. The van der Waals surface area contributed by atoms with E-state index in [1.165, 1.54) is 30.3 Å². The van der Waals surface area contributed by atoms with Gasteiger partial charge in [0.25, 0.3) is 0 Å². The fourth-order valence-electron chi connectivity index (χ4n) is 3.23. The predicted molar refractivity (Wildman–Crippen MR) is 87.0 cm³/mol. The first kappa shape index (κ1) is 17.1. The quantitative estimate of drug-likeness (QED) is 0.905. The summed E-state index contributed by atoms with van der Waals surface area (Å²) >= 11 is 0. The molecule has 7 heteroatoms. The van der Waals surface area contributed by atoms with E-state index >= 15 is 0 Å². The molecule has 0 radical (unpaired) electrons. The molecule has 3 atom stereocenters. The van der Waals surface area contributed by atoms with Crippen LogP contribution in [0.5, 0.6) is 0 Å². The molecule has 1 aliphatic rings. The van der Waals surface area contributed by atoms with Crippen molar-refractivity contribution in [3.8, 4) is 6.07 Å². The third-order valence-electron chi connectivity index (χ3n) is 4.56. The third kappa shape index (κ3) is 2.50. The Morgan fingerprint density at radius 3 is 2.40 bits per heavy atom. The molecule has 0 aromatic heterocycles. The highest BCUT2D eigenvalue weighted by Crippen LogP contribution is 2.64. The van der Waals surface area contributed by atoms with Crippen LogP contribution >= 0.6 is 0 Å². The van der Waals surface area contributed by atoms with Gasteiger partial charge >= 0.3 is 5.97 Å². The van der Waals surface area contributed by atoms with Crippen molar-refractivity contribution in [2.45, 2.75) is 23.0 Å². The largest absolute Gasteiger partial charge is 0.480 e. The molecular weight excluding hydrogens is 345 g/mol. The highest BCUT2D eigenvalue weighted by molar-refractivity contribution is 7.92. The topological polar surface area (TPSA) is 95.2 Å². The van der Waals surface area contributed by atoms with Gasteiger partial charge in [-0.25, -0.2) is 12.8 Å². The lowest BCUT2D eigenvalue weighted by atomic mass is 10.0. The standard InChI is InChI=1S/C18H14FNO4S/c1-11-5-7-14(8-6-11)25(23,24)16-15(18(16,10-20)17(21)22)12-3-2-4-13(19)9-12/h2-9,15-16H,1H3,(H,21,22)/t15-,16+,18-/m1/s1. The van der Waals surface area contributed by atoms with Crippen molar-refractivity contribution in [1.82, 2.24) is 0 Å². The van der Waals surface area contributed by atoms with Crippen molar-refractivity contribution in [1.29, 1.82) is 5.26 Å². The van der Waals surface area contributed by atoms with Crippen LogP contribution in [0.4, 0.5) is 4.39 Å². The van der Waals surface area contributed by atoms with E-state index in [1.807, 2.05) is 0 Å². The number of sulfone groups is 1. The van der Waals surface area contributed by atoms with Gasteiger partial charge < -0.3 is 5.11 Å². The van der Waals surface area contributed by atoms with E-state index in [0.717, 1.165) is 11.6 Å². The van der Waals surface area contributed by atoms with Crippen LogP contribution in [0.1, 0.15) is 17.0 Å². The van der Waals surface area contributed by atoms with Crippen LogP contribution in [-0.4, -0.2) is 24.7 Å². The summed E-state index contributed by atoms with van der Waals surface area (Å²) in [6.07, 6.45) is 0. The zero-order valence-electron chi connectivity index (χ0n) is 13.2. The van der Waals surface area contributed by atoms with E-state index in [1.54, 1.807) is 25.1 Å². The zero-order chi connectivity index (χ0) is 18.4. The van der Waals surface area contributed by atoms with Gasteiger partial charge in [-0.2, -0.15) is 5.26 Å². The third-order valence-corrected chi connectivity index (χ3v) is 6.81. The van der Waals surface area contributed by atoms with Gasteiger partial charge in [-0.15, -0.1) is 0 Å². The number of nitriles is 1. The summed E-state index contributed by atoms with van der Waals surface area (Å²) in [7, 11) is -4.08. The molecule has 1 aliphatic carbocycles. The lowest BCUT2D eigenvalue weighted by Gasteiger charge is -2.05. The second kappa shape index (κ2) is 5.67. The van der Waals surface area contributed by atoms with E-state index in [4.69, 9.17) is 0 Å². The normalized spacial score (nSPS) is 25.2. The number of benzene rings is 2. The molecule has 128 valence electrons. The van der Waals surface area contributed by atoms with Gasteiger partial charge in [0, 0.05) is 5.92 Å². The molecule has 2 aromatic carbocycles. The Hall–Kier alpha value is -2.72. The van der Waals surface area contributed by atoms with Crippen LogP contribution in [0.25, 0.3) is 0 Å². The molecule has 1 fully saturated rings. The maximum atomic E-state index is 13.5. The summed E-state index contributed by atoms with van der Waals surface area (Å²) in [4.78, 5) is 11.7. The number of aryl methyl sites for hydroxylation is 1. The van der Waals surface area contributed by atoms with Crippen LogP contribution in [-0.2, 0) is 14.6 Å². The van der Waals surface area contributed by atoms with E-state index in [-0.39, 0.29) is 10.5 Å². The maximum absolute atomic E-state index is 13.5. The molecule has 3 rings (SSSR count). The van der Waals surface area contributed by atoms with Crippen LogP contribution < -0.4 is 0 Å². The van der Waals surface area contributed by atoms with Crippen molar-refractivity contribution in [3.63, 3.8) is 0 Å². The molecular formula is C18H14FNO4S. The molecule has 1 N–H and O–H groups in total. The summed E-state index contributed by atoms with van der Waals surface area (Å²) in [6, 6.07) is 12.7. The Morgan fingerprint density at radius 2 is 1.88 bits per heavy atom. The minimum atomic E-state index is -4.08. The van der Waals surface area contributed by atoms with Crippen molar-refractivity contribution >= 4 is 15.8 Å². The fourth-order valence-corrected chi connectivity index (χ4v) is 5.48. The SMILES string of the molecule is Cc1ccc(S(=O)(=O)[C@H]2[C@@H](c3cccc(F)c3)[C@@]2(C#N)C(=O)O)cc1. The molecule has 0 spiro atoms. The van der Waals surface area contributed by atoms with Gasteiger partial charge in [0.2, 0.25) is 0 Å². The molecule has 2 aromatic rings. The monoisotopic (exact) mass is 359 g/mol. The molecule has 0 unspecified atom stereocenters. The highest BCUT2D eigenvalue weighted by atomic mass is 32.2. The Bertz CT molecular complexity index is 994. The molecule has 0 bridgehead atoms. The van der Waals surface area contributed by atoms with Gasteiger partial charge in [-0.1, -0.05) is 29.8 Å². The second-order valence-electron chi connectivity index (χ2n) is 6.10. The number of nitrogens with zero attached hydrogens (tertiary/aromatic N) is 1. The number of carboxylic acids is 1. The van der Waals surface area contributed by atoms with Crippen LogP contribution in [0.2, 0.25) is 0 Å². The Balaban J connectivity index is 2.14. The summed E-state index contributed by atoms with van der Waals surface area (Å²) in [6.45, 7) is 1.79. The van der Waals surface area contributed by atoms with E-state index in [9.17, 15) is 28.0 Å². The average molecular weight is 359 g/mol. The summed E-state index contributed by atoms with van der Waals surface area (Å²) in [5.41, 5.74) is -1.09. The first-order valence-electron chi connectivity index (χ1n) is 7.46. The number of rotatable bonds is 4. The van der Waals surface area contributed by atoms with Gasteiger partial charge in [0.15, 0.2) is 15.3 Å². The Kier molecular flexibility index (Phi) is 3.88. The molecule has 0 heterocycles. The van der Waals surface area contributed by atoms with E-state index in [2.05, 4.69) is 0 Å². The molecule has 0 saturated heterocycles. The maximum Gasteiger partial charge on any atom is 0.326 e. The van der Waals surface area contributed by atoms with Crippen molar-refractivity contribution < 1.29 is 22.7 Å². The van der Waals surface area contributed by atoms with Crippen molar-refractivity contribution in [2.75, 3.05) is 0 Å². The zero-order valence-corrected chi connectivity index (χ0v) is 14.0. The molecule has 25 heavy (non-hydrogen) atoms. The second-order valence-corrected chi connectivity index (χ2v) is 8.17. The highest BCUT2D eigenvalue weighted by Gasteiger charge is 2.77. The number of carboxylic acid groups (broad SMARTS) is 1. The molecule has 0 aliphatic heterocycles. The molecule has 0 amide bonds. The van der Waals surface area contributed by atoms with Crippen molar-refractivity contribution in [3.05, 3.63) is 65.5 Å². The van der Waals surface area contributed by atoms with Crippen LogP contribution in [0.15, 0.2) is 53.4 Å². The van der Waals surface area contributed by atoms with E-state index < -0.39 is 38.2 Å². The Labute approximate surface area is 144 Å². The first-order valence-corrected chi connectivity index (χ1v) is 9.00. The smallest absolute Gasteiger partial charge is 0.326 e. The number of aliphatic carboxylic acids is 1. The summed E-state index contributed by atoms with van der Waals surface area (Å²) in [5.74, 6) is -3.27. The average Bonchev–Trinajstić information content (AvgIpc) is 3.27. The van der Waals surface area contributed by atoms with Gasteiger partial charge in [0.1, 0.15) is 11.1 Å². The minimum absolute atomic E-state index is 0.0529. The predicted octanol–water partition coefficient (Wildman–Crippen LogP) is 2.67. The van der Waals surface area contributed by atoms with Gasteiger partial charge in [-0.05, 0) is 36.8 Å². The molecule has 1 saturated carbocycles. The lowest BCUT2D eigenvalue weighted by molar-refractivity contribution is -0.141. The summed E-state index contributed by atoms with van der Waals surface area (Å²) in [5, 5.41) is 17.5. The van der Waals surface area contributed by atoms with Gasteiger partial charge in [0.05, 0.1) is 11.0 Å². The Morgan fingerprint density at radius 1 is 1.24 bits per heavy atom. The lowest BCUT2D eigenvalue weighted by Crippen LogP contribution is -2.22. The fraction of sp³-hybridized carbons (Fsp3) is 0.222. The van der Waals surface area contributed by atoms with Crippen molar-refractivity contribution in [2.24, 2.45) is 5.41 Å². The van der Waals surface area contributed by atoms with Gasteiger partial charge in [-0.3, -0.25) is 4.79 Å². The first-order chi connectivity index (χ1) is 11.7. The molecule has 5 nitrogen and oxygen atoms in total.